The van der Waals surface area contributed by atoms with E-state index in [0.29, 0.717) is 24.8 Å². The van der Waals surface area contributed by atoms with E-state index in [-0.39, 0.29) is 11.8 Å². The van der Waals surface area contributed by atoms with Gasteiger partial charge in [-0.05, 0) is 31.9 Å². The molecule has 0 unspecified atom stereocenters. The number of anilines is 2. The fraction of sp³-hybridized carbons (Fsp3) is 0.421. The summed E-state index contributed by atoms with van der Waals surface area (Å²) in [6, 6.07) is 4.16. The van der Waals surface area contributed by atoms with Crippen LogP contribution < -0.4 is 10.2 Å². The van der Waals surface area contributed by atoms with Crippen LogP contribution >= 0.6 is 11.3 Å². The molecule has 1 aromatic heterocycles. The minimum atomic E-state index is -0.0571. The van der Waals surface area contributed by atoms with Crippen molar-refractivity contribution in [1.82, 2.24) is 15.2 Å². The van der Waals surface area contributed by atoms with Crippen molar-refractivity contribution in [2.75, 3.05) is 24.5 Å². The average Bonchev–Trinajstić information content (AvgIpc) is 2.98. The van der Waals surface area contributed by atoms with Crippen LogP contribution in [-0.2, 0) is 16.1 Å². The third kappa shape index (κ3) is 3.94. The summed E-state index contributed by atoms with van der Waals surface area (Å²) in [6.07, 6.45) is 0. The number of hydrogen-bond acceptors (Lipinski definition) is 5. The van der Waals surface area contributed by atoms with Gasteiger partial charge in [-0.15, -0.1) is 11.3 Å². The molecule has 26 heavy (non-hydrogen) atoms. The Kier molecular flexibility index (Phi) is 5.38. The van der Waals surface area contributed by atoms with Crippen molar-refractivity contribution in [2.45, 2.75) is 34.2 Å². The molecule has 7 heteroatoms. The van der Waals surface area contributed by atoms with Crippen LogP contribution in [0.15, 0.2) is 17.5 Å². The Balaban J connectivity index is 1.87. The lowest BCUT2D eigenvalue weighted by molar-refractivity contribution is -0.124. The Bertz CT molecular complexity index is 823. The topological polar surface area (TPSA) is 65.5 Å². The molecule has 2 heterocycles. The first-order valence-electron chi connectivity index (χ1n) is 8.67. The predicted molar refractivity (Wildman–Crippen MR) is 104 cm³/mol. The highest BCUT2D eigenvalue weighted by Gasteiger charge is 2.23. The van der Waals surface area contributed by atoms with Crippen molar-refractivity contribution < 1.29 is 9.59 Å². The number of rotatable bonds is 4. The molecule has 1 saturated heterocycles. The highest BCUT2D eigenvalue weighted by atomic mass is 32.1. The van der Waals surface area contributed by atoms with Crippen LogP contribution in [0.4, 0.5) is 10.8 Å². The van der Waals surface area contributed by atoms with E-state index in [9.17, 15) is 9.59 Å². The van der Waals surface area contributed by atoms with E-state index in [4.69, 9.17) is 0 Å². The lowest BCUT2D eigenvalue weighted by Gasteiger charge is -2.25. The summed E-state index contributed by atoms with van der Waals surface area (Å²) in [5.41, 5.74) is 5.08. The molecule has 0 atom stereocenters. The molecule has 3 rings (SSSR count). The van der Waals surface area contributed by atoms with Gasteiger partial charge in [0.05, 0.1) is 17.9 Å². The number of amides is 2. The first-order chi connectivity index (χ1) is 12.3. The second kappa shape index (κ2) is 7.55. The minimum absolute atomic E-state index is 0.0444. The maximum Gasteiger partial charge on any atom is 0.234 e. The van der Waals surface area contributed by atoms with Gasteiger partial charge < -0.3 is 5.32 Å². The van der Waals surface area contributed by atoms with Crippen molar-refractivity contribution in [3.8, 4) is 0 Å². The number of aromatic nitrogens is 1. The van der Waals surface area contributed by atoms with Crippen molar-refractivity contribution in [3.05, 3.63) is 39.9 Å². The highest BCUT2D eigenvalue weighted by molar-refractivity contribution is 7.14. The molecule has 0 radical (unpaired) electrons. The smallest absolute Gasteiger partial charge is 0.234 e. The van der Waals surface area contributed by atoms with Gasteiger partial charge >= 0.3 is 0 Å². The van der Waals surface area contributed by atoms with E-state index >= 15 is 0 Å². The summed E-state index contributed by atoms with van der Waals surface area (Å²) in [5, 5.41) is 5.46. The van der Waals surface area contributed by atoms with Gasteiger partial charge in [-0.3, -0.25) is 19.4 Å². The van der Waals surface area contributed by atoms with Crippen LogP contribution in [0.5, 0.6) is 0 Å². The molecule has 0 spiro atoms. The lowest BCUT2D eigenvalue weighted by atomic mass is 10.0. The van der Waals surface area contributed by atoms with Crippen LogP contribution in [0.2, 0.25) is 0 Å². The molecule has 2 aromatic rings. The zero-order valence-corrected chi connectivity index (χ0v) is 16.4. The number of carbonyl (C=O) groups excluding carboxylic acids is 2. The van der Waals surface area contributed by atoms with Gasteiger partial charge in [0.1, 0.15) is 0 Å². The molecular weight excluding hydrogens is 348 g/mol. The van der Waals surface area contributed by atoms with Gasteiger partial charge in [-0.2, -0.15) is 0 Å². The van der Waals surface area contributed by atoms with Crippen molar-refractivity contribution in [1.29, 1.82) is 0 Å². The number of aryl methyl sites for hydroxylation is 3. The first kappa shape index (κ1) is 18.5. The molecule has 1 aromatic carbocycles. The van der Waals surface area contributed by atoms with Crippen LogP contribution in [0, 0.1) is 20.8 Å². The van der Waals surface area contributed by atoms with E-state index in [2.05, 4.69) is 34.3 Å². The summed E-state index contributed by atoms with van der Waals surface area (Å²) in [5.74, 6) is -0.0127. The fourth-order valence-corrected chi connectivity index (χ4v) is 4.30. The Morgan fingerprint density at radius 3 is 2.62 bits per heavy atom. The summed E-state index contributed by atoms with van der Waals surface area (Å²) in [7, 11) is 0. The molecule has 0 aliphatic carbocycles. The Morgan fingerprint density at radius 2 is 2.00 bits per heavy atom. The van der Waals surface area contributed by atoms with E-state index in [0.717, 1.165) is 29.1 Å². The second-order valence-electron chi connectivity index (χ2n) is 6.78. The summed E-state index contributed by atoms with van der Waals surface area (Å²) >= 11 is 1.46. The monoisotopic (exact) mass is 372 g/mol. The van der Waals surface area contributed by atoms with Gasteiger partial charge in [0.15, 0.2) is 5.13 Å². The average molecular weight is 372 g/mol. The molecule has 1 fully saturated rings. The molecule has 138 valence electrons. The normalized spacial score (nSPS) is 15.0. The van der Waals surface area contributed by atoms with E-state index in [1.165, 1.54) is 16.9 Å². The minimum Gasteiger partial charge on any atom is -0.354 e. The van der Waals surface area contributed by atoms with Crippen molar-refractivity contribution >= 4 is 34.0 Å². The highest BCUT2D eigenvalue weighted by Crippen LogP contribution is 2.34. The molecule has 1 aliphatic rings. The quantitative estimate of drug-likeness (QED) is 0.896. The molecular formula is C19H24N4O2S. The van der Waals surface area contributed by atoms with Crippen LogP contribution in [0.25, 0.3) is 0 Å². The lowest BCUT2D eigenvalue weighted by Crippen LogP contribution is -2.47. The number of hydrogen-bond donors (Lipinski definition) is 1. The molecule has 2 amide bonds. The number of piperazine rings is 1. The fourth-order valence-electron chi connectivity index (χ4n) is 3.44. The van der Waals surface area contributed by atoms with Crippen LogP contribution in [0.3, 0.4) is 0 Å². The molecule has 6 nitrogen and oxygen atoms in total. The number of nitrogens with zero attached hydrogens (tertiary/aromatic N) is 3. The maximum atomic E-state index is 12.4. The van der Waals surface area contributed by atoms with Gasteiger partial charge in [-0.1, -0.05) is 17.7 Å². The summed E-state index contributed by atoms with van der Waals surface area (Å²) in [4.78, 5) is 32.4. The zero-order chi connectivity index (χ0) is 18.8. The number of nitrogens with one attached hydrogen (secondary N) is 1. The second-order valence-corrected chi connectivity index (χ2v) is 7.62. The summed E-state index contributed by atoms with van der Waals surface area (Å²) < 4.78 is 0. The van der Waals surface area contributed by atoms with Crippen molar-refractivity contribution in [3.63, 3.8) is 0 Å². The Labute approximate surface area is 157 Å². The molecule has 1 aliphatic heterocycles. The standard InChI is InChI=1S/C19H24N4O2S/c1-12-7-13(2)18(14(3)8-12)23(15(4)24)19-21-16(11-26-19)9-22-6-5-20-17(25)10-22/h7-8,11H,5-6,9-10H2,1-4H3,(H,20,25). The van der Waals surface area contributed by atoms with Crippen LogP contribution in [0.1, 0.15) is 29.3 Å². The SMILES string of the molecule is CC(=O)N(c1nc(CN2CCNC(=O)C2)cs1)c1c(C)cc(C)cc1C. The Hall–Kier alpha value is -2.25. The van der Waals surface area contributed by atoms with Gasteiger partial charge in [-0.25, -0.2) is 4.98 Å². The van der Waals surface area contributed by atoms with Gasteiger partial charge in [0, 0.05) is 31.9 Å². The summed E-state index contributed by atoms with van der Waals surface area (Å²) in [6.45, 7) is 10.1. The third-order valence-electron chi connectivity index (χ3n) is 4.41. The van der Waals surface area contributed by atoms with Crippen molar-refractivity contribution in [2.24, 2.45) is 0 Å². The molecule has 0 bridgehead atoms. The van der Waals surface area contributed by atoms with Gasteiger partial charge in [0.25, 0.3) is 0 Å². The molecule has 0 saturated carbocycles. The predicted octanol–water partition coefficient (Wildman–Crippen LogP) is 2.68. The van der Waals surface area contributed by atoms with E-state index in [1.54, 1.807) is 11.8 Å². The number of benzene rings is 1. The van der Waals surface area contributed by atoms with Crippen LogP contribution in [-0.4, -0.2) is 41.3 Å². The maximum absolute atomic E-state index is 12.4. The third-order valence-corrected chi connectivity index (χ3v) is 5.28. The number of thiazole rings is 1. The van der Waals surface area contributed by atoms with E-state index < -0.39 is 0 Å². The molecule has 1 N–H and O–H groups in total. The number of carbonyl (C=O) groups is 2. The van der Waals surface area contributed by atoms with Gasteiger partial charge in [0.2, 0.25) is 11.8 Å². The zero-order valence-electron chi connectivity index (χ0n) is 15.6. The van der Waals surface area contributed by atoms with E-state index in [1.807, 2.05) is 19.2 Å². The largest absolute Gasteiger partial charge is 0.354 e. The Morgan fingerprint density at radius 1 is 1.31 bits per heavy atom. The first-order valence-corrected chi connectivity index (χ1v) is 9.55.